The fraction of sp³-hybridized carbons (Fsp3) is 0.0714. The highest BCUT2D eigenvalue weighted by atomic mass is 16.5. The van der Waals surface area contributed by atoms with Gasteiger partial charge in [0.25, 0.3) is 23.6 Å². The minimum absolute atomic E-state index is 0.299. The molecular weight excluding hydrogens is 797 g/mol. The number of benzene rings is 8. The average molecular weight is 837 g/mol. The van der Waals surface area contributed by atoms with E-state index in [0.29, 0.717) is 45.3 Å². The summed E-state index contributed by atoms with van der Waals surface area (Å²) in [6.45, 7) is 4.21. The maximum Gasteiger partial charge on any atom is 0.261 e. The molecule has 8 heteroatoms. The third kappa shape index (κ3) is 6.64. The second-order valence-electron chi connectivity index (χ2n) is 16.0. The minimum Gasteiger partial charge on any atom is -0.456 e. The lowest BCUT2D eigenvalue weighted by Crippen LogP contribution is -2.24. The van der Waals surface area contributed by atoms with Crippen LogP contribution in [0.25, 0.3) is 55.6 Å². The van der Waals surface area contributed by atoms with Crippen LogP contribution in [0.5, 0.6) is 23.0 Å². The van der Waals surface area contributed by atoms with Gasteiger partial charge in [-0.2, -0.15) is 0 Å². The lowest BCUT2D eigenvalue weighted by atomic mass is 9.82. The van der Waals surface area contributed by atoms with Gasteiger partial charge in [-0.15, -0.1) is 0 Å². The first kappa shape index (κ1) is 39.8. The van der Waals surface area contributed by atoms with Gasteiger partial charge in [-0.3, -0.25) is 29.0 Å². The highest BCUT2D eigenvalue weighted by molar-refractivity contribution is 6.22. The Morgan fingerprint density at radius 1 is 0.328 bits per heavy atom. The molecule has 10 rings (SSSR count). The predicted molar refractivity (Wildman–Crippen MR) is 249 cm³/mol. The maximum absolute atomic E-state index is 13.2. The quantitative estimate of drug-likeness (QED) is 0.134. The summed E-state index contributed by atoms with van der Waals surface area (Å²) in [4.78, 5) is 54.3. The number of rotatable bonds is 9. The second kappa shape index (κ2) is 15.8. The molecule has 0 saturated heterocycles. The standard InChI is InChI=1S/C56H40N2O6/c1-33-43(31-45(35-17-9-5-10-18-35)51(49(33)37-21-13-7-14-22-37)63-39-25-27-41-47(29-39)55(61)57(3)53(41)59)44-32-46(36-19-11-6-12-20-36)52(50(34(44)2)38-23-15-8-16-24-38)64-40-26-28-42-48(30-40)56(62)58(4)54(42)60/h5-32H,1-4H3. The van der Waals surface area contributed by atoms with E-state index >= 15 is 0 Å². The lowest BCUT2D eigenvalue weighted by Gasteiger charge is -2.25. The third-order valence-corrected chi connectivity index (χ3v) is 12.2. The van der Waals surface area contributed by atoms with Crippen LogP contribution in [0.3, 0.4) is 0 Å². The average Bonchev–Trinajstić information content (AvgIpc) is 3.68. The van der Waals surface area contributed by atoms with Gasteiger partial charge in [-0.25, -0.2) is 0 Å². The van der Waals surface area contributed by atoms with Crippen LogP contribution in [-0.4, -0.2) is 47.5 Å². The van der Waals surface area contributed by atoms with E-state index in [1.807, 2.05) is 72.8 Å². The summed E-state index contributed by atoms with van der Waals surface area (Å²) in [5.74, 6) is 0.624. The monoisotopic (exact) mass is 836 g/mol. The number of carbonyl (C=O) groups excluding carboxylic acids is 4. The summed E-state index contributed by atoms with van der Waals surface area (Å²) in [7, 11) is 2.97. The van der Waals surface area contributed by atoms with Crippen molar-refractivity contribution in [3.05, 3.63) is 203 Å². The van der Waals surface area contributed by atoms with Crippen LogP contribution < -0.4 is 9.47 Å². The normalized spacial score (nSPS) is 13.1. The van der Waals surface area contributed by atoms with Crippen LogP contribution in [0.4, 0.5) is 0 Å². The summed E-state index contributed by atoms with van der Waals surface area (Å²) in [6, 6.07) is 54.8. The van der Waals surface area contributed by atoms with Gasteiger partial charge in [0, 0.05) is 36.3 Å². The van der Waals surface area contributed by atoms with E-state index in [1.54, 1.807) is 36.4 Å². The van der Waals surface area contributed by atoms with Crippen molar-refractivity contribution in [1.82, 2.24) is 9.80 Å². The molecule has 2 heterocycles. The SMILES string of the molecule is Cc1c(-c2cc(-c3ccccc3)c(Oc3ccc4c(c3)C(=O)N(C)C4=O)c(-c3ccccc3)c2C)cc(-c2ccccc2)c(Oc2ccc3c(c2)C(=O)N(C)C3=O)c1-c1ccccc1. The Labute approximate surface area is 370 Å². The van der Waals surface area contributed by atoms with Crippen LogP contribution in [0.2, 0.25) is 0 Å². The number of fused-ring (bicyclic) bond motifs is 2. The zero-order chi connectivity index (χ0) is 44.2. The molecule has 0 atom stereocenters. The number of hydrogen-bond donors (Lipinski definition) is 0. The van der Waals surface area contributed by atoms with Crippen molar-refractivity contribution in [2.45, 2.75) is 13.8 Å². The van der Waals surface area contributed by atoms with Gasteiger partial charge >= 0.3 is 0 Å². The summed E-state index contributed by atoms with van der Waals surface area (Å²) >= 11 is 0. The van der Waals surface area contributed by atoms with E-state index in [4.69, 9.17) is 9.47 Å². The fourth-order valence-corrected chi connectivity index (χ4v) is 8.90. The molecule has 0 unspecified atom stereocenters. The van der Waals surface area contributed by atoms with Gasteiger partial charge in [0.15, 0.2) is 0 Å². The van der Waals surface area contributed by atoms with Crippen molar-refractivity contribution in [2.75, 3.05) is 14.1 Å². The summed E-state index contributed by atoms with van der Waals surface area (Å²) in [5.41, 5.74) is 12.2. The van der Waals surface area contributed by atoms with Gasteiger partial charge in [-0.05, 0) is 107 Å². The van der Waals surface area contributed by atoms with Crippen LogP contribution in [0, 0.1) is 13.8 Å². The molecule has 8 aromatic carbocycles. The topological polar surface area (TPSA) is 93.2 Å². The first-order valence-electron chi connectivity index (χ1n) is 20.9. The Morgan fingerprint density at radius 3 is 0.984 bits per heavy atom. The molecule has 0 radical (unpaired) electrons. The molecule has 0 aromatic heterocycles. The van der Waals surface area contributed by atoms with E-state index in [1.165, 1.54) is 14.1 Å². The predicted octanol–water partition coefficient (Wildman–Crippen LogP) is 12.7. The highest BCUT2D eigenvalue weighted by Gasteiger charge is 2.35. The van der Waals surface area contributed by atoms with E-state index in [0.717, 1.165) is 76.6 Å². The first-order chi connectivity index (χ1) is 31.1. The molecule has 0 bridgehead atoms. The number of ether oxygens (including phenoxy) is 2. The van der Waals surface area contributed by atoms with Gasteiger partial charge in [0.1, 0.15) is 23.0 Å². The molecule has 0 spiro atoms. The maximum atomic E-state index is 13.2. The fourth-order valence-electron chi connectivity index (χ4n) is 8.90. The second-order valence-corrected chi connectivity index (χ2v) is 16.0. The Hall–Kier alpha value is -8.36. The molecule has 2 aliphatic rings. The van der Waals surface area contributed by atoms with Crippen LogP contribution in [0.15, 0.2) is 170 Å². The van der Waals surface area contributed by atoms with Gasteiger partial charge in [0.2, 0.25) is 0 Å². The molecule has 8 nitrogen and oxygen atoms in total. The first-order valence-corrected chi connectivity index (χ1v) is 20.9. The Bertz CT molecular complexity index is 3000. The van der Waals surface area contributed by atoms with Crippen molar-refractivity contribution in [1.29, 1.82) is 0 Å². The van der Waals surface area contributed by atoms with Crippen molar-refractivity contribution < 1.29 is 28.7 Å². The molecule has 64 heavy (non-hydrogen) atoms. The summed E-state index contributed by atoms with van der Waals surface area (Å²) in [5, 5.41) is 0. The van der Waals surface area contributed by atoms with Crippen molar-refractivity contribution in [3.8, 4) is 78.6 Å². The van der Waals surface area contributed by atoms with Gasteiger partial charge in [-0.1, -0.05) is 121 Å². The van der Waals surface area contributed by atoms with Crippen molar-refractivity contribution >= 4 is 23.6 Å². The van der Waals surface area contributed by atoms with E-state index in [9.17, 15) is 19.2 Å². The summed E-state index contributed by atoms with van der Waals surface area (Å²) < 4.78 is 13.9. The molecule has 0 aliphatic carbocycles. The van der Waals surface area contributed by atoms with E-state index in [2.05, 4.69) is 74.5 Å². The number of carbonyl (C=O) groups is 4. The lowest BCUT2D eigenvalue weighted by molar-refractivity contribution is 0.0677. The molecule has 0 N–H and O–H groups in total. The van der Waals surface area contributed by atoms with E-state index < -0.39 is 0 Å². The minimum atomic E-state index is -0.373. The number of hydrogen-bond acceptors (Lipinski definition) is 6. The third-order valence-electron chi connectivity index (χ3n) is 12.2. The number of amides is 4. The van der Waals surface area contributed by atoms with Crippen molar-refractivity contribution in [3.63, 3.8) is 0 Å². The Kier molecular flexibility index (Phi) is 9.84. The van der Waals surface area contributed by atoms with Crippen LogP contribution in [0.1, 0.15) is 52.6 Å². The molecule has 0 fully saturated rings. The van der Waals surface area contributed by atoms with Crippen molar-refractivity contribution in [2.24, 2.45) is 0 Å². The molecule has 310 valence electrons. The molecule has 8 aromatic rings. The highest BCUT2D eigenvalue weighted by Crippen LogP contribution is 2.52. The van der Waals surface area contributed by atoms with Crippen LogP contribution in [-0.2, 0) is 0 Å². The Morgan fingerprint density at radius 2 is 0.641 bits per heavy atom. The zero-order valence-electron chi connectivity index (χ0n) is 35.5. The zero-order valence-corrected chi connectivity index (χ0v) is 35.5. The molecule has 4 amide bonds. The largest absolute Gasteiger partial charge is 0.456 e. The summed E-state index contributed by atoms with van der Waals surface area (Å²) in [6.07, 6.45) is 0. The Balaban J connectivity index is 1.24. The molecule has 2 aliphatic heterocycles. The number of imide groups is 2. The van der Waals surface area contributed by atoms with Gasteiger partial charge in [0.05, 0.1) is 22.3 Å². The van der Waals surface area contributed by atoms with E-state index in [-0.39, 0.29) is 23.6 Å². The van der Waals surface area contributed by atoms with Crippen LogP contribution >= 0.6 is 0 Å². The smallest absolute Gasteiger partial charge is 0.261 e. The molecule has 0 saturated carbocycles. The number of nitrogens with zero attached hydrogens (tertiary/aromatic N) is 2. The van der Waals surface area contributed by atoms with Gasteiger partial charge < -0.3 is 9.47 Å². The molecular formula is C56H40N2O6.